The molecule has 1 saturated carbocycles. The van der Waals surface area contributed by atoms with Crippen molar-refractivity contribution in [3.8, 4) is 11.4 Å². The first kappa shape index (κ1) is 15.9. The summed E-state index contributed by atoms with van der Waals surface area (Å²) in [5.74, 6) is 0.400. The summed E-state index contributed by atoms with van der Waals surface area (Å²) in [6, 6.07) is 7.04. The van der Waals surface area contributed by atoms with Crippen LogP contribution in [0.3, 0.4) is 0 Å². The van der Waals surface area contributed by atoms with E-state index in [1.54, 1.807) is 19.1 Å². The summed E-state index contributed by atoms with van der Waals surface area (Å²) in [6.45, 7) is 1.78. The standard InChI is InChI=1S/C16H20ClN5O/c1-11(16(23)18-14-8-3-2-4-9-14)22-20-15(19-21-22)12-6-5-7-13(17)10-12/h5-7,10-11,14H,2-4,8-9H2,1H3,(H,18,23)/t11-/m1/s1. The largest absolute Gasteiger partial charge is 0.351 e. The highest BCUT2D eigenvalue weighted by molar-refractivity contribution is 6.30. The summed E-state index contributed by atoms with van der Waals surface area (Å²) in [4.78, 5) is 13.7. The maximum atomic E-state index is 12.4. The van der Waals surface area contributed by atoms with E-state index >= 15 is 0 Å². The minimum atomic E-state index is -0.489. The van der Waals surface area contributed by atoms with Gasteiger partial charge in [-0.05, 0) is 37.1 Å². The molecule has 1 aliphatic rings. The van der Waals surface area contributed by atoms with Gasteiger partial charge in [-0.15, -0.1) is 10.2 Å². The molecule has 122 valence electrons. The van der Waals surface area contributed by atoms with Gasteiger partial charge in [-0.2, -0.15) is 4.80 Å². The van der Waals surface area contributed by atoms with Crippen LogP contribution in [0.1, 0.15) is 45.1 Å². The molecule has 3 rings (SSSR count). The lowest BCUT2D eigenvalue weighted by atomic mass is 9.95. The molecule has 0 radical (unpaired) electrons. The number of hydrogen-bond acceptors (Lipinski definition) is 4. The second kappa shape index (κ2) is 7.08. The highest BCUT2D eigenvalue weighted by atomic mass is 35.5. The number of hydrogen-bond donors (Lipinski definition) is 1. The summed E-state index contributed by atoms with van der Waals surface area (Å²) in [6.07, 6.45) is 5.73. The van der Waals surface area contributed by atoms with E-state index < -0.39 is 6.04 Å². The Balaban J connectivity index is 1.68. The van der Waals surface area contributed by atoms with Crippen molar-refractivity contribution in [2.24, 2.45) is 0 Å². The summed E-state index contributed by atoms with van der Waals surface area (Å²) < 4.78 is 0. The average Bonchev–Trinajstić information content (AvgIpc) is 3.05. The Morgan fingerprint density at radius 1 is 1.35 bits per heavy atom. The molecular formula is C16H20ClN5O. The van der Waals surface area contributed by atoms with Gasteiger partial charge in [-0.25, -0.2) is 0 Å². The van der Waals surface area contributed by atoms with E-state index in [9.17, 15) is 4.79 Å². The van der Waals surface area contributed by atoms with Crippen LogP contribution < -0.4 is 5.32 Å². The molecule has 1 aliphatic carbocycles. The molecule has 1 aromatic carbocycles. The number of nitrogens with zero attached hydrogens (tertiary/aromatic N) is 4. The molecule has 0 unspecified atom stereocenters. The smallest absolute Gasteiger partial charge is 0.246 e. The van der Waals surface area contributed by atoms with E-state index in [1.807, 2.05) is 12.1 Å². The fourth-order valence-corrected chi connectivity index (χ4v) is 3.00. The molecule has 1 atom stereocenters. The number of nitrogens with one attached hydrogen (secondary N) is 1. The Labute approximate surface area is 140 Å². The van der Waals surface area contributed by atoms with E-state index in [0.717, 1.165) is 18.4 Å². The van der Waals surface area contributed by atoms with Crippen molar-refractivity contribution in [3.63, 3.8) is 0 Å². The van der Waals surface area contributed by atoms with Crippen LogP contribution >= 0.6 is 11.6 Å². The maximum Gasteiger partial charge on any atom is 0.246 e. The van der Waals surface area contributed by atoms with Crippen LogP contribution in [-0.4, -0.2) is 32.2 Å². The molecule has 0 aliphatic heterocycles. The molecule has 2 aromatic rings. The average molecular weight is 334 g/mol. The van der Waals surface area contributed by atoms with Gasteiger partial charge in [-0.3, -0.25) is 4.79 Å². The summed E-state index contributed by atoms with van der Waals surface area (Å²) >= 11 is 5.98. The van der Waals surface area contributed by atoms with Crippen LogP contribution in [-0.2, 0) is 4.79 Å². The molecule has 0 saturated heterocycles. The van der Waals surface area contributed by atoms with Gasteiger partial charge in [0.15, 0.2) is 0 Å². The normalized spacial score (nSPS) is 17.0. The number of halogens is 1. The predicted octanol–water partition coefficient (Wildman–Crippen LogP) is 3.00. The van der Waals surface area contributed by atoms with E-state index in [-0.39, 0.29) is 11.9 Å². The Hall–Kier alpha value is -1.95. The minimum Gasteiger partial charge on any atom is -0.351 e. The third kappa shape index (κ3) is 3.88. The van der Waals surface area contributed by atoms with Gasteiger partial charge < -0.3 is 5.32 Å². The zero-order chi connectivity index (χ0) is 16.2. The molecule has 6 nitrogen and oxygen atoms in total. The van der Waals surface area contributed by atoms with Gasteiger partial charge in [0.25, 0.3) is 0 Å². The number of carbonyl (C=O) groups is 1. The molecular weight excluding hydrogens is 314 g/mol. The lowest BCUT2D eigenvalue weighted by molar-refractivity contribution is -0.125. The van der Waals surface area contributed by atoms with Crippen molar-refractivity contribution in [1.82, 2.24) is 25.5 Å². The van der Waals surface area contributed by atoms with Crippen LogP contribution in [0.25, 0.3) is 11.4 Å². The minimum absolute atomic E-state index is 0.0630. The van der Waals surface area contributed by atoms with Gasteiger partial charge in [0.2, 0.25) is 11.7 Å². The number of benzene rings is 1. The lowest BCUT2D eigenvalue weighted by Gasteiger charge is -2.24. The Bertz CT molecular complexity index is 681. The molecule has 1 aromatic heterocycles. The molecule has 1 amide bonds. The number of rotatable bonds is 4. The lowest BCUT2D eigenvalue weighted by Crippen LogP contribution is -2.40. The zero-order valence-electron chi connectivity index (χ0n) is 13.1. The second-order valence-corrected chi connectivity index (χ2v) is 6.40. The van der Waals surface area contributed by atoms with E-state index in [2.05, 4.69) is 20.7 Å². The number of amides is 1. The quantitative estimate of drug-likeness (QED) is 0.933. The molecule has 1 N–H and O–H groups in total. The van der Waals surface area contributed by atoms with Crippen molar-refractivity contribution in [1.29, 1.82) is 0 Å². The van der Waals surface area contributed by atoms with Crippen molar-refractivity contribution >= 4 is 17.5 Å². The zero-order valence-corrected chi connectivity index (χ0v) is 13.8. The number of aromatic nitrogens is 4. The number of tetrazole rings is 1. The first-order chi connectivity index (χ1) is 11.1. The van der Waals surface area contributed by atoms with Gasteiger partial charge in [0.05, 0.1) is 0 Å². The van der Waals surface area contributed by atoms with Crippen LogP contribution in [0.4, 0.5) is 0 Å². The highest BCUT2D eigenvalue weighted by Crippen LogP contribution is 2.20. The van der Waals surface area contributed by atoms with Crippen LogP contribution in [0.2, 0.25) is 5.02 Å². The van der Waals surface area contributed by atoms with Gasteiger partial charge in [0, 0.05) is 16.6 Å². The summed E-state index contributed by atoms with van der Waals surface area (Å²) in [5.41, 5.74) is 0.781. The van der Waals surface area contributed by atoms with E-state index in [0.29, 0.717) is 10.8 Å². The van der Waals surface area contributed by atoms with Crippen molar-refractivity contribution in [3.05, 3.63) is 29.3 Å². The van der Waals surface area contributed by atoms with Gasteiger partial charge >= 0.3 is 0 Å². The Kier molecular flexibility index (Phi) is 4.91. The predicted molar refractivity (Wildman–Crippen MR) is 88.0 cm³/mol. The molecule has 1 fully saturated rings. The van der Waals surface area contributed by atoms with Crippen molar-refractivity contribution in [2.45, 2.75) is 51.1 Å². The van der Waals surface area contributed by atoms with Crippen molar-refractivity contribution < 1.29 is 4.79 Å². The van der Waals surface area contributed by atoms with E-state index in [1.165, 1.54) is 24.1 Å². The molecule has 0 spiro atoms. The summed E-state index contributed by atoms with van der Waals surface area (Å²) in [7, 11) is 0. The molecule has 0 bridgehead atoms. The highest BCUT2D eigenvalue weighted by Gasteiger charge is 2.22. The van der Waals surface area contributed by atoms with Crippen LogP contribution in [0.5, 0.6) is 0 Å². The summed E-state index contributed by atoms with van der Waals surface area (Å²) in [5, 5.41) is 16.0. The van der Waals surface area contributed by atoms with E-state index in [4.69, 9.17) is 11.6 Å². The Morgan fingerprint density at radius 3 is 2.87 bits per heavy atom. The SMILES string of the molecule is C[C@H](C(=O)NC1CCCCC1)n1nnc(-c2cccc(Cl)c2)n1. The van der Waals surface area contributed by atoms with Gasteiger partial charge in [-0.1, -0.05) is 43.0 Å². The monoisotopic (exact) mass is 333 g/mol. The maximum absolute atomic E-state index is 12.4. The topological polar surface area (TPSA) is 72.7 Å². The van der Waals surface area contributed by atoms with Crippen molar-refractivity contribution in [2.75, 3.05) is 0 Å². The second-order valence-electron chi connectivity index (χ2n) is 5.96. The third-order valence-electron chi connectivity index (χ3n) is 4.19. The molecule has 1 heterocycles. The molecule has 7 heteroatoms. The fourth-order valence-electron chi connectivity index (χ4n) is 2.81. The van der Waals surface area contributed by atoms with Crippen LogP contribution in [0.15, 0.2) is 24.3 Å². The number of carbonyl (C=O) groups excluding carboxylic acids is 1. The molecule has 23 heavy (non-hydrogen) atoms. The fraction of sp³-hybridized carbons (Fsp3) is 0.500. The first-order valence-electron chi connectivity index (χ1n) is 7.99. The van der Waals surface area contributed by atoms with Gasteiger partial charge in [0.1, 0.15) is 6.04 Å². The first-order valence-corrected chi connectivity index (χ1v) is 8.37. The van der Waals surface area contributed by atoms with Crippen LogP contribution in [0, 0.1) is 0 Å². The Morgan fingerprint density at radius 2 is 2.13 bits per heavy atom. The third-order valence-corrected chi connectivity index (χ3v) is 4.42.